The molecule has 0 amide bonds. The summed E-state index contributed by atoms with van der Waals surface area (Å²) >= 11 is 3.57. The van der Waals surface area contributed by atoms with Gasteiger partial charge in [0.2, 0.25) is 0 Å². The van der Waals surface area contributed by atoms with Crippen LogP contribution in [0.3, 0.4) is 0 Å². The molecule has 3 nitrogen and oxygen atoms in total. The van der Waals surface area contributed by atoms with Crippen LogP contribution in [0.5, 0.6) is 0 Å². The molecule has 1 N–H and O–H groups in total. The van der Waals surface area contributed by atoms with Gasteiger partial charge in [-0.25, -0.2) is 4.98 Å². The van der Waals surface area contributed by atoms with Crippen molar-refractivity contribution in [2.75, 3.05) is 6.61 Å². The van der Waals surface area contributed by atoms with Crippen molar-refractivity contribution in [3.63, 3.8) is 0 Å². The molecule has 1 aromatic carbocycles. The number of nitrogens with zero attached hydrogens (tertiary/aromatic N) is 2. The maximum absolute atomic E-state index is 9.04. The molecule has 19 heavy (non-hydrogen) atoms. The Kier molecular flexibility index (Phi) is 4.42. The average molecular weight is 323 g/mol. The minimum Gasteiger partial charge on any atom is -0.396 e. The molecule has 0 atom stereocenters. The number of aliphatic hydroxyl groups is 1. The molecule has 0 saturated heterocycles. The van der Waals surface area contributed by atoms with Gasteiger partial charge in [-0.1, -0.05) is 38.1 Å². The van der Waals surface area contributed by atoms with E-state index in [0.29, 0.717) is 12.3 Å². The molecule has 2 aromatic rings. The van der Waals surface area contributed by atoms with Crippen LogP contribution in [0, 0.1) is 0 Å². The fourth-order valence-electron chi connectivity index (χ4n) is 2.06. The lowest BCUT2D eigenvalue weighted by atomic mass is 10.0. The molecular weight excluding hydrogens is 304 g/mol. The Hall–Kier alpha value is -1.13. The number of hydrogen-bond donors (Lipinski definition) is 1. The van der Waals surface area contributed by atoms with E-state index >= 15 is 0 Å². The van der Waals surface area contributed by atoms with Crippen molar-refractivity contribution >= 4 is 15.9 Å². The Morgan fingerprint density at radius 2 is 1.89 bits per heavy atom. The second kappa shape index (κ2) is 5.88. The molecule has 0 bridgehead atoms. The van der Waals surface area contributed by atoms with Crippen molar-refractivity contribution in [2.24, 2.45) is 7.05 Å². The lowest BCUT2D eigenvalue weighted by molar-refractivity contribution is 0.295. The summed E-state index contributed by atoms with van der Waals surface area (Å²) in [6.07, 6.45) is 0.569. The van der Waals surface area contributed by atoms with Crippen LogP contribution in [0.4, 0.5) is 0 Å². The topological polar surface area (TPSA) is 38.1 Å². The van der Waals surface area contributed by atoms with Crippen LogP contribution >= 0.6 is 15.9 Å². The van der Waals surface area contributed by atoms with E-state index in [1.54, 1.807) is 0 Å². The Balaban J connectivity index is 2.38. The van der Waals surface area contributed by atoms with Gasteiger partial charge in [-0.3, -0.25) is 0 Å². The summed E-state index contributed by atoms with van der Waals surface area (Å²) in [5.41, 5.74) is 3.35. The van der Waals surface area contributed by atoms with Crippen molar-refractivity contribution in [3.05, 3.63) is 40.3 Å². The fraction of sp³-hybridized carbons (Fsp3) is 0.400. The first kappa shape index (κ1) is 14.3. The van der Waals surface area contributed by atoms with Gasteiger partial charge in [0.25, 0.3) is 0 Å². The van der Waals surface area contributed by atoms with Gasteiger partial charge in [-0.05, 0) is 27.4 Å². The zero-order chi connectivity index (χ0) is 14.0. The second-order valence-corrected chi connectivity index (χ2v) is 5.73. The van der Waals surface area contributed by atoms with E-state index in [0.717, 1.165) is 21.7 Å². The average Bonchev–Trinajstić information content (AvgIpc) is 2.68. The standard InChI is InChI=1S/C15H19BrN2O/c1-10(2)11-4-6-12(7-5-11)14-15(16)18(3)13(17-14)8-9-19/h4-7,10,19H,8-9H2,1-3H3. The summed E-state index contributed by atoms with van der Waals surface area (Å²) in [7, 11) is 1.95. The highest BCUT2D eigenvalue weighted by Crippen LogP contribution is 2.29. The highest BCUT2D eigenvalue weighted by atomic mass is 79.9. The molecule has 0 fully saturated rings. The van der Waals surface area contributed by atoms with Gasteiger partial charge >= 0.3 is 0 Å². The lowest BCUT2D eigenvalue weighted by Gasteiger charge is -2.06. The van der Waals surface area contributed by atoms with E-state index in [1.165, 1.54) is 5.56 Å². The summed E-state index contributed by atoms with van der Waals surface area (Å²) in [5, 5.41) is 9.04. The van der Waals surface area contributed by atoms with E-state index in [4.69, 9.17) is 5.11 Å². The van der Waals surface area contributed by atoms with Crippen LogP contribution < -0.4 is 0 Å². The van der Waals surface area contributed by atoms with Gasteiger partial charge in [0.15, 0.2) is 0 Å². The summed E-state index contributed by atoms with van der Waals surface area (Å²) in [6.45, 7) is 4.49. The predicted molar refractivity (Wildman–Crippen MR) is 81.2 cm³/mol. The fourth-order valence-corrected chi connectivity index (χ4v) is 2.58. The molecule has 0 radical (unpaired) electrons. The van der Waals surface area contributed by atoms with Gasteiger partial charge in [-0.2, -0.15) is 0 Å². The molecule has 0 saturated carbocycles. The maximum atomic E-state index is 9.04. The van der Waals surface area contributed by atoms with Crippen LogP contribution in [0.15, 0.2) is 28.9 Å². The molecular formula is C15H19BrN2O. The zero-order valence-electron chi connectivity index (χ0n) is 11.5. The highest BCUT2D eigenvalue weighted by Gasteiger charge is 2.13. The number of benzene rings is 1. The summed E-state index contributed by atoms with van der Waals surface area (Å²) in [5.74, 6) is 1.42. The molecule has 0 aliphatic carbocycles. The largest absolute Gasteiger partial charge is 0.396 e. The number of halogens is 1. The van der Waals surface area contributed by atoms with Crippen molar-refractivity contribution in [2.45, 2.75) is 26.2 Å². The van der Waals surface area contributed by atoms with Crippen molar-refractivity contribution < 1.29 is 5.11 Å². The molecule has 1 aromatic heterocycles. The SMILES string of the molecule is CC(C)c1ccc(-c2nc(CCO)n(C)c2Br)cc1. The predicted octanol–water partition coefficient (Wildman–Crippen LogP) is 3.51. The Morgan fingerprint density at radius 1 is 1.26 bits per heavy atom. The smallest absolute Gasteiger partial charge is 0.112 e. The molecule has 4 heteroatoms. The maximum Gasteiger partial charge on any atom is 0.112 e. The van der Waals surface area contributed by atoms with Crippen molar-refractivity contribution in [1.29, 1.82) is 0 Å². The van der Waals surface area contributed by atoms with Crippen LogP contribution in [0.1, 0.15) is 31.2 Å². The van der Waals surface area contributed by atoms with Crippen LogP contribution in [0.2, 0.25) is 0 Å². The normalized spacial score (nSPS) is 11.3. The van der Waals surface area contributed by atoms with E-state index < -0.39 is 0 Å². The number of hydrogen-bond acceptors (Lipinski definition) is 2. The molecule has 0 spiro atoms. The zero-order valence-corrected chi connectivity index (χ0v) is 13.1. The number of aromatic nitrogens is 2. The monoisotopic (exact) mass is 322 g/mol. The van der Waals surface area contributed by atoms with Gasteiger partial charge in [0.05, 0.1) is 6.61 Å². The van der Waals surface area contributed by atoms with Crippen LogP contribution in [0.25, 0.3) is 11.3 Å². The van der Waals surface area contributed by atoms with Crippen LogP contribution in [-0.2, 0) is 13.5 Å². The van der Waals surface area contributed by atoms with Gasteiger partial charge in [-0.15, -0.1) is 0 Å². The first-order valence-corrected chi connectivity index (χ1v) is 7.26. The summed E-state index contributed by atoms with van der Waals surface area (Å²) < 4.78 is 2.93. The Labute approximate surface area is 122 Å². The van der Waals surface area contributed by atoms with Gasteiger partial charge in [0, 0.05) is 19.0 Å². The molecule has 1 heterocycles. The van der Waals surface area contributed by atoms with E-state index in [1.807, 2.05) is 11.6 Å². The minimum absolute atomic E-state index is 0.114. The summed E-state index contributed by atoms with van der Waals surface area (Å²) in [4.78, 5) is 4.60. The van der Waals surface area contributed by atoms with Gasteiger partial charge in [0.1, 0.15) is 16.1 Å². The van der Waals surface area contributed by atoms with Gasteiger partial charge < -0.3 is 9.67 Å². The number of aliphatic hydroxyl groups excluding tert-OH is 1. The number of rotatable bonds is 4. The second-order valence-electron chi connectivity index (χ2n) is 4.98. The third-order valence-corrected chi connectivity index (χ3v) is 4.21. The number of imidazole rings is 1. The molecule has 0 unspecified atom stereocenters. The first-order chi connectivity index (χ1) is 9.04. The molecule has 0 aliphatic rings. The third-order valence-electron chi connectivity index (χ3n) is 3.30. The van der Waals surface area contributed by atoms with Crippen LogP contribution in [-0.4, -0.2) is 21.3 Å². The molecule has 2 rings (SSSR count). The lowest BCUT2D eigenvalue weighted by Crippen LogP contribution is -2.00. The van der Waals surface area contributed by atoms with E-state index in [2.05, 4.69) is 59.0 Å². The Morgan fingerprint density at radius 3 is 2.42 bits per heavy atom. The molecule has 102 valence electrons. The van der Waals surface area contributed by atoms with E-state index in [-0.39, 0.29) is 6.61 Å². The first-order valence-electron chi connectivity index (χ1n) is 6.47. The highest BCUT2D eigenvalue weighted by molar-refractivity contribution is 9.10. The minimum atomic E-state index is 0.114. The summed E-state index contributed by atoms with van der Waals surface area (Å²) in [6, 6.07) is 8.50. The van der Waals surface area contributed by atoms with Crippen molar-refractivity contribution in [1.82, 2.24) is 9.55 Å². The molecule has 0 aliphatic heterocycles. The quantitative estimate of drug-likeness (QED) is 0.935. The van der Waals surface area contributed by atoms with E-state index in [9.17, 15) is 0 Å². The Bertz CT molecular complexity index is 558. The third kappa shape index (κ3) is 2.90. The van der Waals surface area contributed by atoms with Crippen molar-refractivity contribution in [3.8, 4) is 11.3 Å².